The molecular weight excluding hydrogens is 140 g/mol. The molecule has 0 atom stereocenters. The van der Waals surface area contributed by atoms with Crippen molar-refractivity contribution in [3.8, 4) is 0 Å². The molecule has 11 heavy (non-hydrogen) atoms. The van der Waals surface area contributed by atoms with Crippen LogP contribution in [0.3, 0.4) is 0 Å². The van der Waals surface area contributed by atoms with Crippen LogP contribution < -0.4 is 11.1 Å². The van der Waals surface area contributed by atoms with E-state index in [0.717, 1.165) is 13.0 Å². The van der Waals surface area contributed by atoms with Gasteiger partial charge in [-0.05, 0) is 13.1 Å². The summed E-state index contributed by atoms with van der Waals surface area (Å²) in [5.74, 6) is 0.595. The molecule has 4 heteroatoms. The Balaban J connectivity index is 3.64. The van der Waals surface area contributed by atoms with Gasteiger partial charge in [0.15, 0.2) is 0 Å². The van der Waals surface area contributed by atoms with E-state index in [9.17, 15) is 0 Å². The Morgan fingerprint density at radius 3 is 2.82 bits per heavy atom. The second-order valence-electron chi connectivity index (χ2n) is 2.08. The van der Waals surface area contributed by atoms with Gasteiger partial charge in [0.2, 0.25) is 5.96 Å². The molecule has 0 bridgehead atoms. The van der Waals surface area contributed by atoms with Crippen LogP contribution in [0, 0.1) is 0 Å². The molecule has 4 nitrogen and oxygen atoms in total. The van der Waals surface area contributed by atoms with Gasteiger partial charge in [0, 0.05) is 19.6 Å². The molecule has 0 saturated carbocycles. The van der Waals surface area contributed by atoms with E-state index in [1.807, 2.05) is 0 Å². The number of nitrogens with zero attached hydrogens (tertiary/aromatic N) is 2. The van der Waals surface area contributed by atoms with Crippen LogP contribution in [-0.2, 0) is 0 Å². The van der Waals surface area contributed by atoms with Crippen molar-refractivity contribution in [2.75, 3.05) is 19.6 Å². The average molecular weight is 156 g/mol. The lowest BCUT2D eigenvalue weighted by Crippen LogP contribution is -2.27. The molecule has 0 amide bonds. The number of aliphatic imine (C=N–C) groups is 2. The lowest BCUT2D eigenvalue weighted by Gasteiger charge is -2.01. The molecule has 0 heterocycles. The van der Waals surface area contributed by atoms with Gasteiger partial charge >= 0.3 is 0 Å². The molecule has 64 valence electrons. The summed E-state index contributed by atoms with van der Waals surface area (Å²) < 4.78 is 0. The summed E-state index contributed by atoms with van der Waals surface area (Å²) in [6.45, 7) is 7.51. The molecule has 3 N–H and O–H groups in total. The Labute approximate surface area is 67.6 Å². The number of rotatable bonds is 4. The zero-order chi connectivity index (χ0) is 8.53. The highest BCUT2D eigenvalue weighted by molar-refractivity contribution is 5.83. The molecule has 0 aromatic heterocycles. The molecule has 0 aromatic carbocycles. The van der Waals surface area contributed by atoms with Crippen LogP contribution in [0.1, 0.15) is 13.3 Å². The normalized spacial score (nSPS) is 11.3. The lowest BCUT2D eigenvalue weighted by molar-refractivity contribution is 0.848. The highest BCUT2D eigenvalue weighted by Crippen LogP contribution is 1.80. The van der Waals surface area contributed by atoms with E-state index in [0.29, 0.717) is 19.0 Å². The van der Waals surface area contributed by atoms with Gasteiger partial charge < -0.3 is 11.1 Å². The molecular formula is C7H16N4. The minimum atomic E-state index is 0.584. The minimum Gasteiger partial charge on any atom is -0.353 e. The third kappa shape index (κ3) is 5.54. The quantitative estimate of drug-likeness (QED) is 0.444. The van der Waals surface area contributed by atoms with Crippen molar-refractivity contribution in [2.45, 2.75) is 13.3 Å². The summed E-state index contributed by atoms with van der Waals surface area (Å²) in [4.78, 5) is 7.82. The Bertz CT molecular complexity index is 130. The zero-order valence-electron chi connectivity index (χ0n) is 7.01. The van der Waals surface area contributed by atoms with E-state index in [1.54, 1.807) is 0 Å². The maximum absolute atomic E-state index is 5.28. The fourth-order valence-corrected chi connectivity index (χ4v) is 0.563. The van der Waals surface area contributed by atoms with E-state index in [2.05, 4.69) is 28.9 Å². The molecule has 0 fully saturated rings. The van der Waals surface area contributed by atoms with E-state index >= 15 is 0 Å². The second kappa shape index (κ2) is 7.21. The summed E-state index contributed by atoms with van der Waals surface area (Å²) in [7, 11) is 0. The third-order valence-electron chi connectivity index (χ3n) is 1.06. The summed E-state index contributed by atoms with van der Waals surface area (Å²) in [6, 6.07) is 0. The number of nitrogens with one attached hydrogen (secondary N) is 1. The van der Waals surface area contributed by atoms with Crippen LogP contribution in [0.25, 0.3) is 0 Å². The first-order chi connectivity index (χ1) is 5.35. The maximum Gasteiger partial charge on any atom is 0.217 e. The van der Waals surface area contributed by atoms with Gasteiger partial charge in [0.1, 0.15) is 0 Å². The first-order valence-corrected chi connectivity index (χ1v) is 3.80. The highest BCUT2D eigenvalue weighted by Gasteiger charge is 1.89. The third-order valence-corrected chi connectivity index (χ3v) is 1.06. The van der Waals surface area contributed by atoms with Crippen molar-refractivity contribution in [1.82, 2.24) is 5.32 Å². The van der Waals surface area contributed by atoms with Gasteiger partial charge in [0.05, 0.1) is 0 Å². The van der Waals surface area contributed by atoms with Crippen LogP contribution >= 0.6 is 0 Å². The predicted octanol–water partition coefficient (Wildman–Crippen LogP) is 0.00130. The number of hydrogen-bond donors (Lipinski definition) is 2. The Hall–Kier alpha value is -0.900. The molecule has 0 aliphatic heterocycles. The number of nitrogens with two attached hydrogens (primary N) is 1. The van der Waals surface area contributed by atoms with Crippen molar-refractivity contribution < 1.29 is 0 Å². The molecule has 0 aliphatic rings. The van der Waals surface area contributed by atoms with Gasteiger partial charge in [0.25, 0.3) is 0 Å². The van der Waals surface area contributed by atoms with Crippen LogP contribution in [0.4, 0.5) is 0 Å². The van der Waals surface area contributed by atoms with Crippen LogP contribution in [-0.4, -0.2) is 32.3 Å². The van der Waals surface area contributed by atoms with E-state index in [4.69, 9.17) is 5.73 Å². The number of hydrogen-bond acceptors (Lipinski definition) is 2. The summed E-state index contributed by atoms with van der Waals surface area (Å²) in [5, 5.41) is 2.95. The molecule has 0 rings (SSSR count). The first kappa shape index (κ1) is 10.1. The summed E-state index contributed by atoms with van der Waals surface area (Å²) >= 11 is 0. The molecule has 0 spiro atoms. The molecule has 0 aromatic rings. The molecule has 0 aliphatic carbocycles. The predicted molar refractivity (Wildman–Crippen MR) is 49.2 cm³/mol. The van der Waals surface area contributed by atoms with Crippen molar-refractivity contribution in [1.29, 1.82) is 0 Å². The summed E-state index contributed by atoms with van der Waals surface area (Å²) in [6.07, 6.45) is 1.02. The van der Waals surface area contributed by atoms with E-state index in [1.165, 1.54) is 0 Å². The van der Waals surface area contributed by atoms with Crippen LogP contribution in [0.5, 0.6) is 0 Å². The highest BCUT2D eigenvalue weighted by atomic mass is 15.1. The zero-order valence-corrected chi connectivity index (χ0v) is 7.01. The van der Waals surface area contributed by atoms with Crippen molar-refractivity contribution in [2.24, 2.45) is 15.7 Å². The Morgan fingerprint density at radius 1 is 1.64 bits per heavy atom. The first-order valence-electron chi connectivity index (χ1n) is 3.80. The van der Waals surface area contributed by atoms with Gasteiger partial charge in [-0.25, -0.2) is 4.99 Å². The minimum absolute atomic E-state index is 0.584. The van der Waals surface area contributed by atoms with Crippen molar-refractivity contribution in [3.63, 3.8) is 0 Å². The molecule has 0 saturated heterocycles. The van der Waals surface area contributed by atoms with Gasteiger partial charge in [-0.2, -0.15) is 0 Å². The number of guanidine groups is 1. The van der Waals surface area contributed by atoms with E-state index < -0.39 is 0 Å². The molecule has 0 radical (unpaired) electrons. The monoisotopic (exact) mass is 156 g/mol. The maximum atomic E-state index is 5.28. The summed E-state index contributed by atoms with van der Waals surface area (Å²) in [5.41, 5.74) is 5.28. The van der Waals surface area contributed by atoms with Crippen LogP contribution in [0.15, 0.2) is 9.98 Å². The second-order valence-corrected chi connectivity index (χ2v) is 2.08. The topological polar surface area (TPSA) is 62.8 Å². The largest absolute Gasteiger partial charge is 0.353 e. The average Bonchev–Trinajstić information content (AvgIpc) is 2.05. The smallest absolute Gasteiger partial charge is 0.217 e. The van der Waals surface area contributed by atoms with Crippen molar-refractivity contribution >= 4 is 12.7 Å². The van der Waals surface area contributed by atoms with Gasteiger partial charge in [-0.15, -0.1) is 0 Å². The lowest BCUT2D eigenvalue weighted by atomic mass is 10.5. The molecule has 0 unspecified atom stereocenters. The fraction of sp³-hybridized carbons (Fsp3) is 0.714. The van der Waals surface area contributed by atoms with Gasteiger partial charge in [-0.3, -0.25) is 4.99 Å². The Morgan fingerprint density at radius 2 is 2.36 bits per heavy atom. The fourth-order valence-electron chi connectivity index (χ4n) is 0.563. The SMILES string of the molecule is C=NC(=NCCC)NCCN. The Kier molecular flexibility index (Phi) is 6.62. The standard InChI is InChI=1S/C7H16N4/c1-3-5-10-7(9-2)11-6-4-8/h2-6,8H2,1H3,(H,10,11). The van der Waals surface area contributed by atoms with Crippen molar-refractivity contribution in [3.05, 3.63) is 0 Å². The van der Waals surface area contributed by atoms with Gasteiger partial charge in [-0.1, -0.05) is 6.92 Å². The van der Waals surface area contributed by atoms with Crippen LogP contribution in [0.2, 0.25) is 0 Å². The van der Waals surface area contributed by atoms with E-state index in [-0.39, 0.29) is 0 Å².